The van der Waals surface area contributed by atoms with Crippen LogP contribution in [0.1, 0.15) is 5.56 Å². The summed E-state index contributed by atoms with van der Waals surface area (Å²) in [5, 5.41) is 2.58. The lowest BCUT2D eigenvalue weighted by Crippen LogP contribution is -2.14. The van der Waals surface area contributed by atoms with E-state index < -0.39 is 15.6 Å². The molecule has 5 rings (SSSR count). The fraction of sp³-hybridized carbons (Fsp3) is 0.0455. The zero-order valence-corrected chi connectivity index (χ0v) is 16.9. The van der Waals surface area contributed by atoms with Gasteiger partial charge in [-0.1, -0.05) is 48.5 Å². The van der Waals surface area contributed by atoms with Gasteiger partial charge in [0.05, 0.1) is 17.5 Å². The van der Waals surface area contributed by atoms with Crippen molar-refractivity contribution in [1.82, 2.24) is 19.1 Å². The Bertz CT molecular complexity index is 1550. The van der Waals surface area contributed by atoms with Gasteiger partial charge >= 0.3 is 5.63 Å². The maximum Gasteiger partial charge on any atom is 0.357 e. The summed E-state index contributed by atoms with van der Waals surface area (Å²) in [6, 6.07) is 17.6. The molecule has 0 unspecified atom stereocenters. The summed E-state index contributed by atoms with van der Waals surface area (Å²) in [5.74, 6) is -0.163. The number of rotatable bonds is 5. The summed E-state index contributed by atoms with van der Waals surface area (Å²) in [5.41, 5.74) is 3.54. The standard InChI is InChI=1S/C22H16N4O4S/c27-20-12-19(25-30-20)17-8-4-7-16(11-17)18-13-26(22-21(18)23-9-10-24-22)31(28,29)14-15-5-2-1-3-6-15/h1-13,25H,14H2. The van der Waals surface area contributed by atoms with Crippen LogP contribution in [0.25, 0.3) is 33.5 Å². The first-order chi connectivity index (χ1) is 15.0. The third-order valence-electron chi connectivity index (χ3n) is 4.89. The summed E-state index contributed by atoms with van der Waals surface area (Å²) < 4.78 is 32.3. The molecule has 8 nitrogen and oxygen atoms in total. The van der Waals surface area contributed by atoms with Gasteiger partial charge in [0.15, 0.2) is 5.65 Å². The molecule has 0 aliphatic carbocycles. The largest absolute Gasteiger partial charge is 0.357 e. The number of benzene rings is 2. The zero-order chi connectivity index (χ0) is 21.4. The Hall–Kier alpha value is -3.98. The van der Waals surface area contributed by atoms with Crippen LogP contribution in [0.15, 0.2) is 88.6 Å². The first-order valence-electron chi connectivity index (χ1n) is 9.40. The molecule has 0 saturated heterocycles. The second-order valence-corrected chi connectivity index (χ2v) is 8.82. The van der Waals surface area contributed by atoms with Gasteiger partial charge in [0, 0.05) is 29.7 Å². The summed E-state index contributed by atoms with van der Waals surface area (Å²) in [7, 11) is -3.73. The van der Waals surface area contributed by atoms with Crippen molar-refractivity contribution in [2.24, 2.45) is 0 Å². The quantitative estimate of drug-likeness (QED) is 0.456. The molecule has 0 amide bonds. The summed E-state index contributed by atoms with van der Waals surface area (Å²) in [6.45, 7) is 0. The number of H-pyrrole nitrogens is 1. The molecule has 0 saturated carbocycles. The second-order valence-electron chi connectivity index (χ2n) is 6.97. The highest BCUT2D eigenvalue weighted by atomic mass is 32.2. The average Bonchev–Trinajstić information content (AvgIpc) is 3.39. The van der Waals surface area contributed by atoms with Gasteiger partial charge in [-0.25, -0.2) is 27.3 Å². The number of aromatic amines is 1. The van der Waals surface area contributed by atoms with Gasteiger partial charge < -0.3 is 4.52 Å². The van der Waals surface area contributed by atoms with Crippen LogP contribution in [0.4, 0.5) is 0 Å². The van der Waals surface area contributed by atoms with E-state index in [0.717, 1.165) is 11.1 Å². The molecular weight excluding hydrogens is 416 g/mol. The summed E-state index contributed by atoms with van der Waals surface area (Å²) >= 11 is 0. The first kappa shape index (κ1) is 19.0. The lowest BCUT2D eigenvalue weighted by Gasteiger charge is -2.06. The number of hydrogen-bond donors (Lipinski definition) is 1. The minimum Gasteiger partial charge on any atom is -0.339 e. The van der Waals surface area contributed by atoms with Gasteiger partial charge in [0.25, 0.3) is 0 Å². The highest BCUT2D eigenvalue weighted by Crippen LogP contribution is 2.32. The van der Waals surface area contributed by atoms with Crippen LogP contribution >= 0.6 is 0 Å². The highest BCUT2D eigenvalue weighted by Gasteiger charge is 2.22. The molecule has 0 radical (unpaired) electrons. The number of nitrogens with zero attached hydrogens (tertiary/aromatic N) is 3. The topological polar surface area (TPSA) is 111 Å². The number of fused-ring (bicyclic) bond motifs is 1. The Kier molecular flexibility index (Phi) is 4.52. The lowest BCUT2D eigenvalue weighted by molar-refractivity contribution is 0.394. The van der Waals surface area contributed by atoms with Crippen LogP contribution in [-0.4, -0.2) is 27.5 Å². The second kappa shape index (κ2) is 7.37. The van der Waals surface area contributed by atoms with Crippen LogP contribution in [-0.2, 0) is 15.8 Å². The van der Waals surface area contributed by atoms with Crippen LogP contribution in [0.5, 0.6) is 0 Å². The van der Waals surface area contributed by atoms with Gasteiger partial charge in [0.1, 0.15) is 5.52 Å². The molecule has 0 spiro atoms. The molecule has 3 aromatic heterocycles. The minimum atomic E-state index is -3.73. The monoisotopic (exact) mass is 432 g/mol. The van der Waals surface area contributed by atoms with E-state index in [4.69, 9.17) is 4.52 Å². The molecular formula is C22H16N4O4S. The van der Waals surface area contributed by atoms with Crippen molar-refractivity contribution in [1.29, 1.82) is 0 Å². The van der Waals surface area contributed by atoms with Gasteiger partial charge in [-0.2, -0.15) is 0 Å². The number of hydrogen-bond acceptors (Lipinski definition) is 6. The Labute approximate surface area is 176 Å². The summed E-state index contributed by atoms with van der Waals surface area (Å²) in [6.07, 6.45) is 4.53. The van der Waals surface area contributed by atoms with Crippen LogP contribution in [0.3, 0.4) is 0 Å². The third-order valence-corrected chi connectivity index (χ3v) is 6.46. The lowest BCUT2D eigenvalue weighted by atomic mass is 10.0. The van der Waals surface area contributed by atoms with Crippen molar-refractivity contribution in [2.75, 3.05) is 0 Å². The van der Waals surface area contributed by atoms with Crippen LogP contribution in [0, 0.1) is 0 Å². The van der Waals surface area contributed by atoms with E-state index in [0.29, 0.717) is 22.3 Å². The SMILES string of the molecule is O=c1cc(-c2cccc(-c3cn(S(=O)(=O)Cc4ccccc4)c4nccnc34)c2)[nH]o1. The smallest absolute Gasteiger partial charge is 0.339 e. The van der Waals surface area contributed by atoms with E-state index in [2.05, 4.69) is 15.1 Å². The number of aromatic nitrogens is 4. The van der Waals surface area contributed by atoms with E-state index >= 15 is 0 Å². The van der Waals surface area contributed by atoms with Crippen molar-refractivity contribution in [3.8, 4) is 22.4 Å². The minimum absolute atomic E-state index is 0.163. The zero-order valence-electron chi connectivity index (χ0n) is 16.1. The molecule has 0 bridgehead atoms. The molecule has 5 aromatic rings. The molecule has 154 valence electrons. The van der Waals surface area contributed by atoms with Gasteiger partial charge in [-0.15, -0.1) is 0 Å². The average molecular weight is 432 g/mol. The molecule has 1 N–H and O–H groups in total. The predicted octanol–water partition coefficient (Wildman–Crippen LogP) is 3.42. The van der Waals surface area contributed by atoms with Crippen LogP contribution < -0.4 is 5.63 Å². The Morgan fingerprint density at radius 3 is 2.48 bits per heavy atom. The first-order valence-corrected chi connectivity index (χ1v) is 11.0. The Morgan fingerprint density at radius 2 is 1.71 bits per heavy atom. The third kappa shape index (κ3) is 3.55. The molecule has 0 aliphatic rings. The molecule has 2 aromatic carbocycles. The Balaban J connectivity index is 1.64. The highest BCUT2D eigenvalue weighted by molar-refractivity contribution is 7.89. The maximum absolute atomic E-state index is 13.2. The van der Waals surface area contributed by atoms with Crippen molar-refractivity contribution >= 4 is 21.2 Å². The molecule has 0 fully saturated rings. The summed E-state index contributed by atoms with van der Waals surface area (Å²) in [4.78, 5) is 20.0. The Morgan fingerprint density at radius 1 is 0.935 bits per heavy atom. The predicted molar refractivity (Wildman–Crippen MR) is 116 cm³/mol. The molecule has 0 atom stereocenters. The fourth-order valence-corrected chi connectivity index (χ4v) is 4.89. The number of nitrogens with one attached hydrogen (secondary N) is 1. The van der Waals surface area contributed by atoms with E-state index in [1.807, 2.05) is 30.3 Å². The van der Waals surface area contributed by atoms with Gasteiger partial charge in [-0.3, -0.25) is 4.98 Å². The molecule has 9 heteroatoms. The molecule has 3 heterocycles. The van der Waals surface area contributed by atoms with E-state index in [1.165, 1.54) is 22.4 Å². The molecule has 31 heavy (non-hydrogen) atoms. The van der Waals surface area contributed by atoms with Crippen molar-refractivity contribution in [3.63, 3.8) is 0 Å². The van der Waals surface area contributed by atoms with Gasteiger partial charge in [-0.05, 0) is 17.2 Å². The maximum atomic E-state index is 13.2. The van der Waals surface area contributed by atoms with Crippen molar-refractivity contribution in [3.05, 3.63) is 95.2 Å². The fourth-order valence-electron chi connectivity index (χ4n) is 3.48. The normalized spacial score (nSPS) is 11.7. The van der Waals surface area contributed by atoms with Crippen LogP contribution in [0.2, 0.25) is 0 Å². The van der Waals surface area contributed by atoms with Gasteiger partial charge in [0.2, 0.25) is 10.0 Å². The van der Waals surface area contributed by atoms with Crippen molar-refractivity contribution in [2.45, 2.75) is 5.75 Å². The van der Waals surface area contributed by atoms with E-state index in [1.54, 1.807) is 30.5 Å². The molecule has 0 aliphatic heterocycles. The van der Waals surface area contributed by atoms with E-state index in [9.17, 15) is 13.2 Å². The van der Waals surface area contributed by atoms with Crippen molar-refractivity contribution < 1.29 is 12.9 Å². The van der Waals surface area contributed by atoms with E-state index in [-0.39, 0.29) is 11.4 Å².